The van der Waals surface area contributed by atoms with Gasteiger partial charge in [0.05, 0.1) is 17.8 Å². The molecule has 4 heteroatoms. The second kappa shape index (κ2) is 5.34. The van der Waals surface area contributed by atoms with E-state index in [0.717, 1.165) is 5.56 Å². The Hall–Kier alpha value is -1.32. The smallest absolute Gasteiger partial charge is 0.208 e. The third-order valence-corrected chi connectivity index (χ3v) is 2.68. The lowest BCUT2D eigenvalue weighted by Crippen LogP contribution is -2.21. The maximum absolute atomic E-state index is 6.09. The van der Waals surface area contributed by atoms with E-state index in [0.29, 0.717) is 29.3 Å². The second-order valence-corrected chi connectivity index (χ2v) is 4.54. The van der Waals surface area contributed by atoms with Crippen molar-refractivity contribution in [1.29, 1.82) is 0 Å². The number of aromatic nitrogens is 1. The molecule has 17 heavy (non-hydrogen) atoms. The second-order valence-electron chi connectivity index (χ2n) is 4.13. The Labute approximate surface area is 106 Å². The zero-order chi connectivity index (χ0) is 12.3. The minimum Gasteiger partial charge on any atom is -0.439 e. The molecule has 0 aliphatic rings. The molecule has 1 heterocycles. The van der Waals surface area contributed by atoms with E-state index in [9.17, 15) is 0 Å². The van der Waals surface area contributed by atoms with Crippen LogP contribution in [0.3, 0.4) is 0 Å². The van der Waals surface area contributed by atoms with Crippen molar-refractivity contribution in [3.8, 4) is 11.3 Å². The van der Waals surface area contributed by atoms with Gasteiger partial charge < -0.3 is 9.73 Å². The van der Waals surface area contributed by atoms with Gasteiger partial charge >= 0.3 is 0 Å². The number of halogens is 1. The van der Waals surface area contributed by atoms with Crippen LogP contribution >= 0.6 is 11.6 Å². The third-order valence-electron chi connectivity index (χ3n) is 2.35. The van der Waals surface area contributed by atoms with Crippen molar-refractivity contribution in [2.24, 2.45) is 0 Å². The highest BCUT2D eigenvalue weighted by molar-refractivity contribution is 6.33. The molecule has 1 aromatic carbocycles. The summed E-state index contributed by atoms with van der Waals surface area (Å²) in [5.41, 5.74) is 0.873. The largest absolute Gasteiger partial charge is 0.439 e. The Bertz CT molecular complexity index is 494. The first-order valence-electron chi connectivity index (χ1n) is 5.60. The van der Waals surface area contributed by atoms with Crippen LogP contribution in [0.25, 0.3) is 11.3 Å². The predicted octanol–water partition coefficient (Wildman–Crippen LogP) is 3.49. The molecule has 0 spiro atoms. The highest BCUT2D eigenvalue weighted by Gasteiger charge is 2.09. The Morgan fingerprint density at radius 2 is 2.12 bits per heavy atom. The van der Waals surface area contributed by atoms with Gasteiger partial charge in [-0.1, -0.05) is 37.6 Å². The predicted molar refractivity (Wildman–Crippen MR) is 68.9 cm³/mol. The lowest BCUT2D eigenvalue weighted by Gasteiger charge is -2.04. The summed E-state index contributed by atoms with van der Waals surface area (Å²) in [6, 6.07) is 7.98. The number of nitrogens with one attached hydrogen (secondary N) is 1. The van der Waals surface area contributed by atoms with Crippen molar-refractivity contribution in [3.05, 3.63) is 41.4 Å². The number of rotatable bonds is 4. The van der Waals surface area contributed by atoms with Crippen molar-refractivity contribution >= 4 is 11.6 Å². The van der Waals surface area contributed by atoms with Gasteiger partial charge in [0.15, 0.2) is 5.76 Å². The molecule has 3 nitrogen and oxygen atoms in total. The molecule has 1 aromatic heterocycles. The summed E-state index contributed by atoms with van der Waals surface area (Å²) >= 11 is 6.09. The van der Waals surface area contributed by atoms with Gasteiger partial charge in [0, 0.05) is 11.6 Å². The first-order chi connectivity index (χ1) is 8.16. The van der Waals surface area contributed by atoms with Gasteiger partial charge in [-0.25, -0.2) is 4.98 Å². The fourth-order valence-electron chi connectivity index (χ4n) is 1.47. The monoisotopic (exact) mass is 250 g/mol. The Morgan fingerprint density at radius 1 is 1.35 bits per heavy atom. The maximum Gasteiger partial charge on any atom is 0.208 e. The molecule has 0 bridgehead atoms. The number of oxazole rings is 1. The molecule has 0 unspecified atom stereocenters. The van der Waals surface area contributed by atoms with E-state index in [1.807, 2.05) is 24.3 Å². The molecule has 1 N–H and O–H groups in total. The molecule has 2 rings (SSSR count). The van der Waals surface area contributed by atoms with Crippen molar-refractivity contribution in [2.45, 2.75) is 26.4 Å². The van der Waals surface area contributed by atoms with Crippen LogP contribution < -0.4 is 5.32 Å². The molecule has 0 saturated carbocycles. The van der Waals surface area contributed by atoms with Gasteiger partial charge in [0.2, 0.25) is 5.89 Å². The Kier molecular flexibility index (Phi) is 3.82. The van der Waals surface area contributed by atoms with Gasteiger partial charge in [0.1, 0.15) is 0 Å². The minimum atomic E-state index is 0.408. The third kappa shape index (κ3) is 3.08. The number of hydrogen-bond acceptors (Lipinski definition) is 3. The van der Waals surface area contributed by atoms with Crippen LogP contribution in [-0.2, 0) is 6.54 Å². The van der Waals surface area contributed by atoms with Crippen LogP contribution in [0.5, 0.6) is 0 Å². The quantitative estimate of drug-likeness (QED) is 0.903. The van der Waals surface area contributed by atoms with E-state index in [1.165, 1.54) is 0 Å². The summed E-state index contributed by atoms with van der Waals surface area (Å²) in [5.74, 6) is 1.38. The van der Waals surface area contributed by atoms with Crippen molar-refractivity contribution in [2.75, 3.05) is 0 Å². The van der Waals surface area contributed by atoms with Crippen LogP contribution in [-0.4, -0.2) is 11.0 Å². The van der Waals surface area contributed by atoms with Crippen LogP contribution in [0, 0.1) is 0 Å². The molecule has 0 aliphatic heterocycles. The molecule has 0 aliphatic carbocycles. The Morgan fingerprint density at radius 3 is 2.82 bits per heavy atom. The summed E-state index contributed by atoms with van der Waals surface area (Å²) in [5, 5.41) is 3.93. The highest BCUT2D eigenvalue weighted by Crippen LogP contribution is 2.27. The Balaban J connectivity index is 2.16. The minimum absolute atomic E-state index is 0.408. The van der Waals surface area contributed by atoms with Gasteiger partial charge in [-0.2, -0.15) is 0 Å². The summed E-state index contributed by atoms with van der Waals surface area (Å²) in [7, 11) is 0. The number of nitrogens with zero attached hydrogens (tertiary/aromatic N) is 1. The van der Waals surface area contributed by atoms with E-state index in [-0.39, 0.29) is 0 Å². The van der Waals surface area contributed by atoms with Crippen molar-refractivity contribution in [3.63, 3.8) is 0 Å². The lowest BCUT2D eigenvalue weighted by molar-refractivity contribution is 0.459. The number of hydrogen-bond donors (Lipinski definition) is 1. The van der Waals surface area contributed by atoms with Crippen LogP contribution in [0.2, 0.25) is 5.02 Å². The summed E-state index contributed by atoms with van der Waals surface area (Å²) < 4.78 is 5.64. The van der Waals surface area contributed by atoms with Crippen LogP contribution in [0.1, 0.15) is 19.7 Å². The van der Waals surface area contributed by atoms with E-state index in [4.69, 9.17) is 16.0 Å². The zero-order valence-corrected chi connectivity index (χ0v) is 10.7. The molecule has 0 saturated heterocycles. The average molecular weight is 251 g/mol. The molecule has 0 fully saturated rings. The topological polar surface area (TPSA) is 38.1 Å². The molecule has 0 atom stereocenters. The zero-order valence-electron chi connectivity index (χ0n) is 9.90. The van der Waals surface area contributed by atoms with E-state index < -0.39 is 0 Å². The average Bonchev–Trinajstić information content (AvgIpc) is 2.75. The lowest BCUT2D eigenvalue weighted by atomic mass is 10.2. The summed E-state index contributed by atoms with van der Waals surface area (Å²) in [4.78, 5) is 4.22. The molecule has 90 valence electrons. The summed E-state index contributed by atoms with van der Waals surface area (Å²) in [6.07, 6.45) is 1.71. The molecular weight excluding hydrogens is 236 g/mol. The maximum atomic E-state index is 6.09. The normalized spacial score (nSPS) is 11.1. The van der Waals surface area contributed by atoms with Gasteiger partial charge in [-0.05, 0) is 12.1 Å². The molecular formula is C13H15ClN2O. The van der Waals surface area contributed by atoms with E-state index in [1.54, 1.807) is 6.20 Å². The van der Waals surface area contributed by atoms with Crippen LogP contribution in [0.4, 0.5) is 0 Å². The van der Waals surface area contributed by atoms with Crippen molar-refractivity contribution in [1.82, 2.24) is 10.3 Å². The molecule has 0 radical (unpaired) electrons. The SMILES string of the molecule is CC(C)NCc1ncc(-c2ccccc2Cl)o1. The summed E-state index contributed by atoms with van der Waals surface area (Å²) in [6.45, 7) is 4.79. The first kappa shape index (κ1) is 12.1. The van der Waals surface area contributed by atoms with Crippen LogP contribution in [0.15, 0.2) is 34.9 Å². The first-order valence-corrected chi connectivity index (χ1v) is 5.97. The fourth-order valence-corrected chi connectivity index (χ4v) is 1.70. The van der Waals surface area contributed by atoms with E-state index >= 15 is 0 Å². The van der Waals surface area contributed by atoms with Crippen molar-refractivity contribution < 1.29 is 4.42 Å². The highest BCUT2D eigenvalue weighted by atomic mass is 35.5. The van der Waals surface area contributed by atoms with Gasteiger partial charge in [-0.3, -0.25) is 0 Å². The van der Waals surface area contributed by atoms with E-state index in [2.05, 4.69) is 24.1 Å². The fraction of sp³-hybridized carbons (Fsp3) is 0.308. The molecule has 2 aromatic rings. The number of benzene rings is 1. The standard InChI is InChI=1S/C13H15ClN2O/c1-9(2)15-8-13-16-7-12(17-13)10-5-3-4-6-11(10)14/h3-7,9,15H,8H2,1-2H3. The van der Waals surface area contributed by atoms with Gasteiger partial charge in [-0.15, -0.1) is 0 Å². The molecule has 0 amide bonds. The van der Waals surface area contributed by atoms with Gasteiger partial charge in [0.25, 0.3) is 0 Å².